The fourth-order valence-electron chi connectivity index (χ4n) is 4.24. The van der Waals surface area contributed by atoms with Gasteiger partial charge < -0.3 is 4.90 Å². The van der Waals surface area contributed by atoms with Gasteiger partial charge in [0.05, 0.1) is 20.9 Å². The number of hydrogen-bond acceptors (Lipinski definition) is 8. The molecule has 4 rings (SSSR count). The molecule has 180 valence electrons. The SMILES string of the molecule is C[C@@H](C(=O)N1CCN(S(=O)(=O)c2ccccc2C#N)CC1)N1C(=O)c2cccc([N+](=O)[O-])c2C1=O. The molecule has 2 aromatic carbocycles. The van der Waals surface area contributed by atoms with Gasteiger partial charge in [0.1, 0.15) is 17.7 Å². The van der Waals surface area contributed by atoms with Crippen LogP contribution in [0.4, 0.5) is 5.69 Å². The van der Waals surface area contributed by atoms with Crippen LogP contribution in [0.3, 0.4) is 0 Å². The highest BCUT2D eigenvalue weighted by Crippen LogP contribution is 2.32. The van der Waals surface area contributed by atoms with E-state index in [4.69, 9.17) is 0 Å². The Morgan fingerprint density at radius 2 is 1.71 bits per heavy atom. The Balaban J connectivity index is 1.49. The molecule has 2 aliphatic heterocycles. The van der Waals surface area contributed by atoms with Crippen LogP contribution in [0.1, 0.15) is 33.2 Å². The molecule has 0 spiro atoms. The summed E-state index contributed by atoms with van der Waals surface area (Å²) in [5.74, 6) is -2.31. The highest BCUT2D eigenvalue weighted by Gasteiger charge is 2.46. The summed E-state index contributed by atoms with van der Waals surface area (Å²) in [6.07, 6.45) is 0. The Morgan fingerprint density at radius 1 is 1.06 bits per heavy atom. The van der Waals surface area contributed by atoms with E-state index in [9.17, 15) is 38.2 Å². The second-order valence-corrected chi connectivity index (χ2v) is 9.86. The molecule has 0 bridgehead atoms. The molecule has 12 nitrogen and oxygen atoms in total. The summed E-state index contributed by atoms with van der Waals surface area (Å²) >= 11 is 0. The molecule has 35 heavy (non-hydrogen) atoms. The van der Waals surface area contributed by atoms with E-state index in [0.717, 1.165) is 6.07 Å². The molecule has 0 radical (unpaired) electrons. The highest BCUT2D eigenvalue weighted by molar-refractivity contribution is 7.89. The van der Waals surface area contributed by atoms with Gasteiger partial charge in [0, 0.05) is 32.2 Å². The van der Waals surface area contributed by atoms with Crippen LogP contribution in [-0.2, 0) is 14.8 Å². The smallest absolute Gasteiger partial charge is 0.282 e. The molecule has 0 saturated carbocycles. The van der Waals surface area contributed by atoms with Gasteiger partial charge in [0.25, 0.3) is 17.5 Å². The number of fused-ring (bicyclic) bond motifs is 1. The Labute approximate surface area is 200 Å². The second kappa shape index (κ2) is 8.90. The van der Waals surface area contributed by atoms with Gasteiger partial charge in [0.2, 0.25) is 15.9 Å². The first-order chi connectivity index (χ1) is 16.6. The zero-order valence-electron chi connectivity index (χ0n) is 18.4. The predicted octanol–water partition coefficient (Wildman–Crippen LogP) is 0.984. The third kappa shape index (κ3) is 3.92. The molecule has 2 aromatic rings. The van der Waals surface area contributed by atoms with E-state index in [1.54, 1.807) is 6.07 Å². The average molecular weight is 497 g/mol. The predicted molar refractivity (Wildman–Crippen MR) is 120 cm³/mol. The van der Waals surface area contributed by atoms with Gasteiger partial charge in [-0.2, -0.15) is 9.57 Å². The van der Waals surface area contributed by atoms with E-state index in [1.807, 2.05) is 6.07 Å². The number of hydrogen-bond donors (Lipinski definition) is 0. The van der Waals surface area contributed by atoms with E-state index in [-0.39, 0.29) is 47.8 Å². The number of nitrogens with zero attached hydrogens (tertiary/aromatic N) is 5. The van der Waals surface area contributed by atoms with Crippen LogP contribution in [-0.4, -0.2) is 77.4 Å². The monoisotopic (exact) mass is 497 g/mol. The molecule has 0 N–H and O–H groups in total. The van der Waals surface area contributed by atoms with Crippen molar-refractivity contribution in [1.29, 1.82) is 5.26 Å². The van der Waals surface area contributed by atoms with Crippen LogP contribution in [0.25, 0.3) is 0 Å². The van der Waals surface area contributed by atoms with Crippen molar-refractivity contribution in [2.45, 2.75) is 17.9 Å². The normalized spacial score (nSPS) is 17.1. The van der Waals surface area contributed by atoms with Gasteiger partial charge in [0.15, 0.2) is 0 Å². The number of carbonyl (C=O) groups excluding carboxylic acids is 3. The van der Waals surface area contributed by atoms with E-state index in [0.29, 0.717) is 4.90 Å². The third-order valence-electron chi connectivity index (χ3n) is 6.04. The number of nitro benzene ring substituents is 1. The Bertz CT molecular complexity index is 1410. The Morgan fingerprint density at radius 3 is 2.34 bits per heavy atom. The average Bonchev–Trinajstić information content (AvgIpc) is 3.12. The van der Waals surface area contributed by atoms with Gasteiger partial charge in [-0.1, -0.05) is 18.2 Å². The fraction of sp³-hybridized carbons (Fsp3) is 0.273. The summed E-state index contributed by atoms with van der Waals surface area (Å²) in [5.41, 5.74) is -0.996. The molecule has 13 heteroatoms. The van der Waals surface area contributed by atoms with Crippen LogP contribution in [0, 0.1) is 21.4 Å². The van der Waals surface area contributed by atoms with Crippen molar-refractivity contribution in [2.24, 2.45) is 0 Å². The van der Waals surface area contributed by atoms with E-state index in [1.165, 1.54) is 46.5 Å². The van der Waals surface area contributed by atoms with Gasteiger partial charge in [-0.25, -0.2) is 8.42 Å². The number of carbonyl (C=O) groups is 3. The molecule has 0 aliphatic carbocycles. The number of sulfonamides is 1. The zero-order chi connectivity index (χ0) is 25.5. The molecule has 1 saturated heterocycles. The van der Waals surface area contributed by atoms with Crippen molar-refractivity contribution in [3.8, 4) is 6.07 Å². The number of nitro groups is 1. The van der Waals surface area contributed by atoms with E-state index < -0.39 is 44.4 Å². The van der Waals surface area contributed by atoms with Crippen LogP contribution < -0.4 is 0 Å². The molecule has 0 unspecified atom stereocenters. The molecule has 2 heterocycles. The molecule has 2 aliphatic rings. The zero-order valence-corrected chi connectivity index (χ0v) is 19.3. The lowest BCUT2D eigenvalue weighted by Gasteiger charge is -2.36. The summed E-state index contributed by atoms with van der Waals surface area (Å²) in [5, 5.41) is 20.5. The number of benzene rings is 2. The van der Waals surface area contributed by atoms with E-state index >= 15 is 0 Å². The minimum absolute atomic E-state index is 0.000437. The summed E-state index contributed by atoms with van der Waals surface area (Å²) in [6.45, 7) is 1.26. The maximum absolute atomic E-state index is 13.1. The van der Waals surface area contributed by atoms with Gasteiger partial charge in [-0.05, 0) is 25.1 Å². The lowest BCUT2D eigenvalue weighted by Crippen LogP contribution is -2.56. The second-order valence-electron chi connectivity index (χ2n) is 7.95. The first kappa shape index (κ1) is 24.0. The maximum Gasteiger partial charge on any atom is 0.282 e. The summed E-state index contributed by atoms with van der Waals surface area (Å²) in [7, 11) is -3.97. The number of imide groups is 1. The molecular weight excluding hydrogens is 478 g/mol. The maximum atomic E-state index is 13.1. The topological polar surface area (TPSA) is 162 Å². The molecule has 3 amide bonds. The third-order valence-corrected chi connectivity index (χ3v) is 8.00. The first-order valence-corrected chi connectivity index (χ1v) is 12.0. The van der Waals surface area contributed by atoms with Crippen LogP contribution >= 0.6 is 0 Å². The largest absolute Gasteiger partial charge is 0.338 e. The summed E-state index contributed by atoms with van der Waals surface area (Å²) in [4.78, 5) is 51.3. The minimum Gasteiger partial charge on any atom is -0.338 e. The molecule has 1 fully saturated rings. The number of nitriles is 1. The van der Waals surface area contributed by atoms with Crippen LogP contribution in [0.15, 0.2) is 47.4 Å². The van der Waals surface area contributed by atoms with Crippen LogP contribution in [0.5, 0.6) is 0 Å². The van der Waals surface area contributed by atoms with Crippen molar-refractivity contribution in [1.82, 2.24) is 14.1 Å². The quantitative estimate of drug-likeness (QED) is 0.335. The standard InChI is InChI=1S/C22H19N5O7S/c1-14(26-21(29)16-6-4-7-17(27(31)32)19(16)22(26)30)20(28)24-9-11-25(12-10-24)35(33,34)18-8-3-2-5-15(18)13-23/h2-8,14H,9-12H2,1H3/t14-/m0/s1. The van der Waals surface area contributed by atoms with Crippen molar-refractivity contribution in [2.75, 3.05) is 26.2 Å². The van der Waals surface area contributed by atoms with Gasteiger partial charge >= 0.3 is 0 Å². The Hall–Kier alpha value is -4.15. The van der Waals surface area contributed by atoms with Crippen molar-refractivity contribution in [3.05, 3.63) is 69.3 Å². The van der Waals surface area contributed by atoms with Crippen molar-refractivity contribution < 1.29 is 27.7 Å². The fourth-order valence-corrected chi connectivity index (χ4v) is 5.80. The molecule has 1 atom stereocenters. The van der Waals surface area contributed by atoms with Crippen molar-refractivity contribution >= 4 is 33.4 Å². The van der Waals surface area contributed by atoms with Gasteiger partial charge in [-0.15, -0.1) is 0 Å². The number of piperazine rings is 1. The molecular formula is C22H19N5O7S. The van der Waals surface area contributed by atoms with E-state index in [2.05, 4.69) is 0 Å². The van der Waals surface area contributed by atoms with Crippen LogP contribution in [0.2, 0.25) is 0 Å². The highest BCUT2D eigenvalue weighted by atomic mass is 32.2. The first-order valence-electron chi connectivity index (χ1n) is 10.5. The lowest BCUT2D eigenvalue weighted by atomic mass is 10.1. The Kier molecular flexibility index (Phi) is 6.10. The number of amides is 3. The molecule has 0 aromatic heterocycles. The summed E-state index contributed by atoms with van der Waals surface area (Å²) < 4.78 is 27.2. The summed E-state index contributed by atoms with van der Waals surface area (Å²) in [6, 6.07) is 10.1. The number of rotatable bonds is 5. The van der Waals surface area contributed by atoms with Crippen molar-refractivity contribution in [3.63, 3.8) is 0 Å². The minimum atomic E-state index is -3.97. The van der Waals surface area contributed by atoms with Gasteiger partial charge in [-0.3, -0.25) is 29.4 Å². The lowest BCUT2D eigenvalue weighted by molar-refractivity contribution is -0.385.